The molecule has 0 saturated carbocycles. The number of rotatable bonds is 5. The summed E-state index contributed by atoms with van der Waals surface area (Å²) < 4.78 is 6.63. The first-order chi connectivity index (χ1) is 9.15. The van der Waals surface area contributed by atoms with E-state index in [-0.39, 0.29) is 0 Å². The lowest BCUT2D eigenvalue weighted by atomic mass is 10.1. The fourth-order valence-electron chi connectivity index (χ4n) is 1.68. The number of hydrogen-bond acceptors (Lipinski definition) is 2. The molecule has 0 aromatic heterocycles. The Kier molecular flexibility index (Phi) is 4.79. The monoisotopic (exact) mass is 368 g/mol. The minimum Gasteiger partial charge on any atom is -0.478 e. The van der Waals surface area contributed by atoms with Crippen LogP contribution in [0.4, 0.5) is 0 Å². The SMILES string of the molecule is O=C(O)[C@H](Cc1ccc(I)cc1)Oc1ccccc1. The van der Waals surface area contributed by atoms with Gasteiger partial charge < -0.3 is 9.84 Å². The number of para-hydroxylation sites is 1. The predicted octanol–water partition coefficient (Wildman–Crippen LogP) is 3.37. The van der Waals surface area contributed by atoms with Crippen LogP contribution in [-0.4, -0.2) is 17.2 Å². The third-order valence-electron chi connectivity index (χ3n) is 2.63. The molecule has 3 nitrogen and oxygen atoms in total. The van der Waals surface area contributed by atoms with E-state index in [0.717, 1.165) is 9.13 Å². The van der Waals surface area contributed by atoms with Crippen molar-refractivity contribution < 1.29 is 14.6 Å². The van der Waals surface area contributed by atoms with Crippen molar-refractivity contribution in [1.29, 1.82) is 0 Å². The summed E-state index contributed by atoms with van der Waals surface area (Å²) in [5, 5.41) is 9.22. The van der Waals surface area contributed by atoms with Crippen molar-refractivity contribution in [1.82, 2.24) is 0 Å². The molecule has 0 aliphatic carbocycles. The summed E-state index contributed by atoms with van der Waals surface area (Å²) in [6.07, 6.45) is -0.524. The van der Waals surface area contributed by atoms with Gasteiger partial charge in [-0.25, -0.2) is 4.79 Å². The Balaban J connectivity index is 2.08. The van der Waals surface area contributed by atoms with E-state index in [2.05, 4.69) is 22.6 Å². The van der Waals surface area contributed by atoms with E-state index in [1.165, 1.54) is 0 Å². The Bertz CT molecular complexity index is 537. The summed E-state index contributed by atoms with van der Waals surface area (Å²) in [5.41, 5.74) is 0.948. The number of aliphatic carboxylic acids is 1. The second-order valence-corrected chi connectivity index (χ2v) is 5.33. The van der Waals surface area contributed by atoms with Crippen molar-refractivity contribution in [2.75, 3.05) is 0 Å². The van der Waals surface area contributed by atoms with Gasteiger partial charge in [0.05, 0.1) is 0 Å². The van der Waals surface area contributed by atoms with Gasteiger partial charge in [-0.3, -0.25) is 0 Å². The van der Waals surface area contributed by atoms with E-state index < -0.39 is 12.1 Å². The van der Waals surface area contributed by atoms with Gasteiger partial charge in [0, 0.05) is 9.99 Å². The van der Waals surface area contributed by atoms with Crippen LogP contribution in [0.1, 0.15) is 5.56 Å². The van der Waals surface area contributed by atoms with Gasteiger partial charge in [0.15, 0.2) is 6.10 Å². The second kappa shape index (κ2) is 6.56. The van der Waals surface area contributed by atoms with Crippen LogP contribution in [0.15, 0.2) is 54.6 Å². The van der Waals surface area contributed by atoms with Crippen molar-refractivity contribution in [3.05, 3.63) is 63.7 Å². The molecule has 0 spiro atoms. The van der Waals surface area contributed by atoms with Gasteiger partial charge in [0.25, 0.3) is 0 Å². The van der Waals surface area contributed by atoms with Crippen molar-refractivity contribution in [2.45, 2.75) is 12.5 Å². The summed E-state index contributed by atoms with van der Waals surface area (Å²) >= 11 is 2.21. The van der Waals surface area contributed by atoms with Gasteiger partial charge in [-0.1, -0.05) is 30.3 Å². The van der Waals surface area contributed by atoms with Crippen LogP contribution in [0.5, 0.6) is 5.75 Å². The zero-order valence-electron chi connectivity index (χ0n) is 10.1. The molecule has 98 valence electrons. The van der Waals surface area contributed by atoms with Crippen LogP contribution >= 0.6 is 22.6 Å². The van der Waals surface area contributed by atoms with Crippen molar-refractivity contribution in [3.63, 3.8) is 0 Å². The largest absolute Gasteiger partial charge is 0.478 e. The molecule has 2 aromatic carbocycles. The summed E-state index contributed by atoms with van der Waals surface area (Å²) in [4.78, 5) is 11.2. The number of carboxylic acids is 1. The van der Waals surface area contributed by atoms with Crippen molar-refractivity contribution in [3.8, 4) is 5.75 Å². The average molecular weight is 368 g/mol. The van der Waals surface area contributed by atoms with Gasteiger partial charge in [-0.05, 0) is 52.4 Å². The summed E-state index contributed by atoms with van der Waals surface area (Å²) in [6.45, 7) is 0. The fraction of sp³-hybridized carbons (Fsp3) is 0.133. The quantitative estimate of drug-likeness (QED) is 0.824. The second-order valence-electron chi connectivity index (χ2n) is 4.09. The third kappa shape index (κ3) is 4.24. The number of carbonyl (C=O) groups is 1. The maximum Gasteiger partial charge on any atom is 0.345 e. The maximum atomic E-state index is 11.2. The zero-order chi connectivity index (χ0) is 13.7. The van der Waals surface area contributed by atoms with Gasteiger partial charge >= 0.3 is 5.97 Å². The zero-order valence-corrected chi connectivity index (χ0v) is 12.3. The Morgan fingerprint density at radius 3 is 2.32 bits per heavy atom. The highest BCUT2D eigenvalue weighted by molar-refractivity contribution is 14.1. The molecule has 0 heterocycles. The molecule has 2 rings (SSSR count). The summed E-state index contributed by atoms with van der Waals surface area (Å²) in [7, 11) is 0. The van der Waals surface area contributed by atoms with Crippen LogP contribution in [0.2, 0.25) is 0 Å². The topological polar surface area (TPSA) is 46.5 Å². The first kappa shape index (κ1) is 13.9. The number of halogens is 1. The predicted molar refractivity (Wildman–Crippen MR) is 81.4 cm³/mol. The lowest BCUT2D eigenvalue weighted by Gasteiger charge is -2.15. The van der Waals surface area contributed by atoms with Gasteiger partial charge in [-0.15, -0.1) is 0 Å². The number of benzene rings is 2. The Morgan fingerprint density at radius 2 is 1.74 bits per heavy atom. The molecular formula is C15H13IO3. The molecule has 0 bridgehead atoms. The van der Waals surface area contributed by atoms with Crippen LogP contribution in [0.25, 0.3) is 0 Å². The molecule has 4 heteroatoms. The molecule has 1 N–H and O–H groups in total. The highest BCUT2D eigenvalue weighted by atomic mass is 127. The molecule has 0 aliphatic rings. The molecule has 2 aromatic rings. The minimum absolute atomic E-state index is 0.348. The molecule has 0 radical (unpaired) electrons. The van der Waals surface area contributed by atoms with E-state index in [0.29, 0.717) is 12.2 Å². The standard InChI is InChI=1S/C15H13IO3/c16-12-8-6-11(7-9-12)10-14(15(17)18)19-13-4-2-1-3-5-13/h1-9,14H,10H2,(H,17,18)/t14-/m0/s1. The van der Waals surface area contributed by atoms with Crippen LogP contribution in [0.3, 0.4) is 0 Å². The lowest BCUT2D eigenvalue weighted by Crippen LogP contribution is -2.29. The smallest absolute Gasteiger partial charge is 0.345 e. The van der Waals surface area contributed by atoms with Gasteiger partial charge in [-0.2, -0.15) is 0 Å². The van der Waals surface area contributed by atoms with Crippen LogP contribution < -0.4 is 4.74 Å². The summed E-state index contributed by atoms with van der Waals surface area (Å²) in [5.74, 6) is -0.386. The lowest BCUT2D eigenvalue weighted by molar-refractivity contribution is -0.145. The van der Waals surface area contributed by atoms with Crippen LogP contribution in [-0.2, 0) is 11.2 Å². The fourth-order valence-corrected chi connectivity index (χ4v) is 2.04. The van der Waals surface area contributed by atoms with Gasteiger partial charge in [0.2, 0.25) is 0 Å². The van der Waals surface area contributed by atoms with Crippen molar-refractivity contribution in [2.24, 2.45) is 0 Å². The van der Waals surface area contributed by atoms with Gasteiger partial charge in [0.1, 0.15) is 5.75 Å². The van der Waals surface area contributed by atoms with Crippen molar-refractivity contribution >= 4 is 28.6 Å². The maximum absolute atomic E-state index is 11.2. The highest BCUT2D eigenvalue weighted by Gasteiger charge is 2.19. The third-order valence-corrected chi connectivity index (χ3v) is 3.35. The van der Waals surface area contributed by atoms with E-state index >= 15 is 0 Å². The minimum atomic E-state index is -0.956. The molecule has 19 heavy (non-hydrogen) atoms. The number of ether oxygens (including phenoxy) is 1. The van der Waals surface area contributed by atoms with E-state index in [9.17, 15) is 9.90 Å². The molecule has 0 amide bonds. The molecule has 1 atom stereocenters. The van der Waals surface area contributed by atoms with Crippen LogP contribution in [0, 0.1) is 3.57 Å². The first-order valence-corrected chi connectivity index (χ1v) is 6.92. The molecule has 0 fully saturated rings. The molecule has 0 unspecified atom stereocenters. The molecule has 0 aliphatic heterocycles. The number of carboxylic acid groups (broad SMARTS) is 1. The van der Waals surface area contributed by atoms with E-state index in [4.69, 9.17) is 4.74 Å². The van der Waals surface area contributed by atoms with E-state index in [1.54, 1.807) is 12.1 Å². The highest BCUT2D eigenvalue weighted by Crippen LogP contribution is 2.15. The molecule has 0 saturated heterocycles. The first-order valence-electron chi connectivity index (χ1n) is 5.84. The average Bonchev–Trinajstić information content (AvgIpc) is 2.41. The van der Waals surface area contributed by atoms with E-state index in [1.807, 2.05) is 42.5 Å². The summed E-state index contributed by atoms with van der Waals surface area (Å²) in [6, 6.07) is 16.8. The number of hydrogen-bond donors (Lipinski definition) is 1. The Labute approximate surface area is 125 Å². The normalized spacial score (nSPS) is 11.8. The Hall–Kier alpha value is -1.56. The molecular weight excluding hydrogens is 355 g/mol. The Morgan fingerprint density at radius 1 is 1.11 bits per heavy atom.